The number of nitrogens with zero attached hydrogens (tertiary/aromatic N) is 1. The molecule has 0 amide bonds. The third kappa shape index (κ3) is 1.40. The molecule has 66 valence electrons. The Morgan fingerprint density at radius 2 is 2.23 bits per heavy atom. The molecule has 0 atom stereocenters. The van der Waals surface area contributed by atoms with Gasteiger partial charge in [-0.3, -0.25) is 0 Å². The second kappa shape index (κ2) is 3.31. The Balaban J connectivity index is 2.45. The van der Waals surface area contributed by atoms with Gasteiger partial charge in [-0.25, -0.2) is 0 Å². The first-order chi connectivity index (χ1) is 6.42. The van der Waals surface area contributed by atoms with Gasteiger partial charge in [0.15, 0.2) is 0 Å². The van der Waals surface area contributed by atoms with Gasteiger partial charge < -0.3 is 10.2 Å². The number of rotatable bonds is 2. The van der Waals surface area contributed by atoms with Crippen LogP contribution in [0, 0.1) is 0 Å². The minimum atomic E-state index is 0.653. The summed E-state index contributed by atoms with van der Waals surface area (Å²) in [5.41, 5.74) is 2.26. The molecule has 0 aliphatic carbocycles. The van der Waals surface area contributed by atoms with E-state index in [0.717, 1.165) is 11.1 Å². The Hall–Kier alpha value is -1.77. The Bertz CT molecular complexity index is 431. The highest BCUT2D eigenvalue weighted by Crippen LogP contribution is 2.17. The minimum Gasteiger partial charge on any atom is -0.411 e. The van der Waals surface area contributed by atoms with E-state index in [1.165, 1.54) is 11.6 Å². The van der Waals surface area contributed by atoms with Crippen LogP contribution < -0.4 is 0 Å². The monoisotopic (exact) mass is 174 g/mol. The van der Waals surface area contributed by atoms with Crippen LogP contribution in [0.3, 0.4) is 0 Å². The molecule has 3 heteroatoms. The van der Waals surface area contributed by atoms with Crippen LogP contribution >= 0.6 is 0 Å². The van der Waals surface area contributed by atoms with E-state index in [2.05, 4.69) is 10.1 Å². The van der Waals surface area contributed by atoms with Crippen molar-refractivity contribution in [3.05, 3.63) is 36.0 Å². The van der Waals surface area contributed by atoms with Crippen LogP contribution in [0.5, 0.6) is 0 Å². The van der Waals surface area contributed by atoms with E-state index < -0.39 is 0 Å². The molecule has 0 saturated heterocycles. The van der Waals surface area contributed by atoms with Gasteiger partial charge in [0.1, 0.15) is 0 Å². The van der Waals surface area contributed by atoms with Crippen molar-refractivity contribution in [3.63, 3.8) is 0 Å². The molecule has 0 saturated carbocycles. The maximum Gasteiger partial charge on any atom is 0.0480 e. The SMILES string of the molecule is ON=CCc1c[nH]c2ccccc12. The summed E-state index contributed by atoms with van der Waals surface area (Å²) in [5, 5.41) is 12.5. The fourth-order valence-corrected chi connectivity index (χ4v) is 1.44. The van der Waals surface area contributed by atoms with Gasteiger partial charge in [0.2, 0.25) is 0 Å². The highest BCUT2D eigenvalue weighted by Gasteiger charge is 1.99. The standard InChI is InChI=1S/C10H10N2O/c13-12-6-5-8-7-11-10-4-2-1-3-9(8)10/h1-4,6-7,11,13H,5H2. The second-order valence-corrected chi connectivity index (χ2v) is 2.86. The summed E-state index contributed by atoms with van der Waals surface area (Å²) in [5.74, 6) is 0. The van der Waals surface area contributed by atoms with Crippen LogP contribution in [0.2, 0.25) is 0 Å². The third-order valence-corrected chi connectivity index (χ3v) is 2.07. The van der Waals surface area contributed by atoms with Crippen LogP contribution in [-0.4, -0.2) is 16.4 Å². The number of nitrogens with one attached hydrogen (secondary N) is 1. The van der Waals surface area contributed by atoms with Crippen molar-refractivity contribution >= 4 is 17.1 Å². The van der Waals surface area contributed by atoms with Gasteiger partial charge in [-0.2, -0.15) is 0 Å². The molecule has 0 unspecified atom stereocenters. The predicted molar refractivity (Wildman–Crippen MR) is 52.3 cm³/mol. The maximum atomic E-state index is 8.30. The van der Waals surface area contributed by atoms with Gasteiger partial charge >= 0.3 is 0 Å². The molecule has 0 aliphatic rings. The largest absolute Gasteiger partial charge is 0.411 e. The lowest BCUT2D eigenvalue weighted by Crippen LogP contribution is -1.82. The summed E-state index contributed by atoms with van der Waals surface area (Å²) in [7, 11) is 0. The molecule has 0 radical (unpaired) electrons. The summed E-state index contributed by atoms with van der Waals surface area (Å²) >= 11 is 0. The third-order valence-electron chi connectivity index (χ3n) is 2.07. The van der Waals surface area contributed by atoms with Crippen molar-refractivity contribution in [3.8, 4) is 0 Å². The Labute approximate surface area is 75.7 Å². The molecule has 0 fully saturated rings. The molecule has 2 aromatic rings. The van der Waals surface area contributed by atoms with E-state index in [4.69, 9.17) is 5.21 Å². The summed E-state index contributed by atoms with van der Waals surface area (Å²) < 4.78 is 0. The first kappa shape index (κ1) is 7.86. The Morgan fingerprint density at radius 3 is 3.08 bits per heavy atom. The van der Waals surface area contributed by atoms with Crippen LogP contribution in [0.1, 0.15) is 5.56 Å². The topological polar surface area (TPSA) is 48.4 Å². The van der Waals surface area contributed by atoms with Crippen molar-refractivity contribution in [2.24, 2.45) is 5.16 Å². The van der Waals surface area contributed by atoms with Gasteiger partial charge in [-0.05, 0) is 11.6 Å². The van der Waals surface area contributed by atoms with E-state index in [1.807, 2.05) is 30.5 Å². The van der Waals surface area contributed by atoms with E-state index >= 15 is 0 Å². The predicted octanol–water partition coefficient (Wildman–Crippen LogP) is 2.17. The zero-order valence-electron chi connectivity index (χ0n) is 7.07. The van der Waals surface area contributed by atoms with E-state index in [1.54, 1.807) is 0 Å². The first-order valence-electron chi connectivity index (χ1n) is 4.12. The van der Waals surface area contributed by atoms with Gasteiger partial charge in [0.25, 0.3) is 0 Å². The van der Waals surface area contributed by atoms with Crippen molar-refractivity contribution in [2.75, 3.05) is 0 Å². The molecule has 3 nitrogen and oxygen atoms in total. The van der Waals surface area contributed by atoms with E-state index in [9.17, 15) is 0 Å². The fraction of sp³-hybridized carbons (Fsp3) is 0.100. The molecule has 13 heavy (non-hydrogen) atoms. The number of H-pyrrole nitrogens is 1. The molecular formula is C10H10N2O. The van der Waals surface area contributed by atoms with Crippen molar-refractivity contribution in [2.45, 2.75) is 6.42 Å². The molecule has 1 heterocycles. The van der Waals surface area contributed by atoms with Crippen LogP contribution in [-0.2, 0) is 6.42 Å². The zero-order valence-corrected chi connectivity index (χ0v) is 7.07. The van der Waals surface area contributed by atoms with Crippen LogP contribution in [0.15, 0.2) is 35.6 Å². The molecule has 0 aliphatic heterocycles. The number of benzene rings is 1. The highest BCUT2D eigenvalue weighted by molar-refractivity contribution is 5.85. The number of aromatic amines is 1. The first-order valence-corrected chi connectivity index (χ1v) is 4.12. The van der Waals surface area contributed by atoms with E-state index in [-0.39, 0.29) is 0 Å². The number of hydrogen-bond acceptors (Lipinski definition) is 2. The Morgan fingerprint density at radius 1 is 1.38 bits per heavy atom. The molecule has 2 rings (SSSR count). The van der Waals surface area contributed by atoms with E-state index in [0.29, 0.717) is 6.42 Å². The quantitative estimate of drug-likeness (QED) is 0.409. The highest BCUT2D eigenvalue weighted by atomic mass is 16.4. The molecule has 1 aromatic heterocycles. The van der Waals surface area contributed by atoms with Crippen LogP contribution in [0.4, 0.5) is 0 Å². The number of fused-ring (bicyclic) bond motifs is 1. The summed E-state index contributed by atoms with van der Waals surface area (Å²) in [4.78, 5) is 3.15. The second-order valence-electron chi connectivity index (χ2n) is 2.86. The van der Waals surface area contributed by atoms with Gasteiger partial charge in [-0.1, -0.05) is 18.2 Å². The minimum absolute atomic E-state index is 0.653. The smallest absolute Gasteiger partial charge is 0.0480 e. The number of para-hydroxylation sites is 1. The summed E-state index contributed by atoms with van der Waals surface area (Å²) in [6.07, 6.45) is 4.07. The van der Waals surface area contributed by atoms with Gasteiger partial charge in [0, 0.05) is 29.7 Å². The van der Waals surface area contributed by atoms with Gasteiger partial charge in [-0.15, -0.1) is 5.16 Å². The van der Waals surface area contributed by atoms with Crippen molar-refractivity contribution in [1.29, 1.82) is 0 Å². The number of aromatic nitrogens is 1. The fourth-order valence-electron chi connectivity index (χ4n) is 1.44. The molecule has 1 aromatic carbocycles. The maximum absolute atomic E-state index is 8.30. The molecular weight excluding hydrogens is 164 g/mol. The average molecular weight is 174 g/mol. The zero-order chi connectivity index (χ0) is 9.10. The van der Waals surface area contributed by atoms with Crippen molar-refractivity contribution in [1.82, 2.24) is 4.98 Å². The molecule has 0 bridgehead atoms. The lowest BCUT2D eigenvalue weighted by molar-refractivity contribution is 0.321. The van der Waals surface area contributed by atoms with Crippen LogP contribution in [0.25, 0.3) is 10.9 Å². The summed E-state index contributed by atoms with van der Waals surface area (Å²) in [6.45, 7) is 0. The lowest BCUT2D eigenvalue weighted by Gasteiger charge is -1.91. The summed E-state index contributed by atoms with van der Waals surface area (Å²) in [6, 6.07) is 8.06. The molecule has 2 N–H and O–H groups in total. The van der Waals surface area contributed by atoms with Crippen molar-refractivity contribution < 1.29 is 5.21 Å². The normalized spacial score (nSPS) is 11.4. The molecule has 0 spiro atoms. The van der Waals surface area contributed by atoms with Gasteiger partial charge in [0.05, 0.1) is 0 Å². The average Bonchev–Trinajstić information content (AvgIpc) is 2.58. The number of oxime groups is 1. The number of hydrogen-bond donors (Lipinski definition) is 2. The Kier molecular flexibility index (Phi) is 2.00. The lowest BCUT2D eigenvalue weighted by atomic mass is 10.1.